The average Bonchev–Trinajstić information content (AvgIpc) is 2.53. The SMILES string of the molecule is COc1ccc(C)cc1NC(=O)CNC(=O)c1cccc(Br)c1. The highest BCUT2D eigenvalue weighted by atomic mass is 79.9. The molecule has 0 aliphatic rings. The van der Waals surface area contributed by atoms with Crippen molar-refractivity contribution in [2.45, 2.75) is 6.92 Å². The van der Waals surface area contributed by atoms with E-state index in [9.17, 15) is 9.59 Å². The van der Waals surface area contributed by atoms with E-state index in [0.717, 1.165) is 10.0 Å². The van der Waals surface area contributed by atoms with Gasteiger partial charge in [-0.05, 0) is 42.8 Å². The van der Waals surface area contributed by atoms with E-state index in [1.54, 1.807) is 24.3 Å². The van der Waals surface area contributed by atoms with Crippen LogP contribution in [0.15, 0.2) is 46.9 Å². The van der Waals surface area contributed by atoms with E-state index in [2.05, 4.69) is 26.6 Å². The predicted octanol–water partition coefficient (Wildman–Crippen LogP) is 3.13. The van der Waals surface area contributed by atoms with Gasteiger partial charge in [0.1, 0.15) is 5.75 Å². The molecule has 0 heterocycles. The molecule has 0 radical (unpaired) electrons. The largest absolute Gasteiger partial charge is 0.495 e. The molecule has 0 bridgehead atoms. The number of halogens is 1. The topological polar surface area (TPSA) is 67.4 Å². The van der Waals surface area contributed by atoms with Crippen LogP contribution in [0.2, 0.25) is 0 Å². The highest BCUT2D eigenvalue weighted by Crippen LogP contribution is 2.24. The Bertz CT molecular complexity index is 732. The second kappa shape index (κ2) is 7.78. The minimum atomic E-state index is -0.322. The smallest absolute Gasteiger partial charge is 0.251 e. The van der Waals surface area contributed by atoms with E-state index in [0.29, 0.717) is 17.0 Å². The van der Waals surface area contributed by atoms with Crippen LogP contribution in [0.5, 0.6) is 5.75 Å². The molecule has 0 spiro atoms. The number of nitrogens with one attached hydrogen (secondary N) is 2. The first kappa shape index (κ1) is 17.0. The van der Waals surface area contributed by atoms with Crippen molar-refractivity contribution >= 4 is 33.4 Å². The molecule has 0 aromatic heterocycles. The molecule has 2 N–H and O–H groups in total. The van der Waals surface area contributed by atoms with Gasteiger partial charge in [0.2, 0.25) is 5.91 Å². The molecule has 0 saturated carbocycles. The molecule has 0 fully saturated rings. The van der Waals surface area contributed by atoms with E-state index >= 15 is 0 Å². The van der Waals surface area contributed by atoms with Gasteiger partial charge in [-0.15, -0.1) is 0 Å². The first-order valence-corrected chi connectivity index (χ1v) is 7.77. The van der Waals surface area contributed by atoms with Crippen molar-refractivity contribution in [3.63, 3.8) is 0 Å². The van der Waals surface area contributed by atoms with Gasteiger partial charge >= 0.3 is 0 Å². The Kier molecular flexibility index (Phi) is 5.76. The summed E-state index contributed by atoms with van der Waals surface area (Å²) >= 11 is 3.30. The predicted molar refractivity (Wildman–Crippen MR) is 92.8 cm³/mol. The molecular formula is C17H17BrN2O3. The monoisotopic (exact) mass is 376 g/mol. The normalized spacial score (nSPS) is 10.0. The fourth-order valence-electron chi connectivity index (χ4n) is 2.01. The number of amides is 2. The van der Waals surface area contributed by atoms with Gasteiger partial charge in [0.15, 0.2) is 0 Å². The lowest BCUT2D eigenvalue weighted by Crippen LogP contribution is -2.32. The molecule has 2 aromatic rings. The number of anilines is 1. The van der Waals surface area contributed by atoms with Crippen LogP contribution in [0.25, 0.3) is 0 Å². The molecule has 2 aromatic carbocycles. The van der Waals surface area contributed by atoms with Gasteiger partial charge in [0, 0.05) is 10.0 Å². The molecule has 5 nitrogen and oxygen atoms in total. The third-order valence-electron chi connectivity index (χ3n) is 3.13. The van der Waals surface area contributed by atoms with E-state index in [1.165, 1.54) is 7.11 Å². The number of rotatable bonds is 5. The maximum Gasteiger partial charge on any atom is 0.251 e. The quantitative estimate of drug-likeness (QED) is 0.842. The van der Waals surface area contributed by atoms with Gasteiger partial charge in [0.25, 0.3) is 5.91 Å². The minimum Gasteiger partial charge on any atom is -0.495 e. The lowest BCUT2D eigenvalue weighted by Gasteiger charge is -2.11. The summed E-state index contributed by atoms with van der Waals surface area (Å²) in [5.74, 6) is -0.0582. The Morgan fingerprint density at radius 1 is 1.17 bits per heavy atom. The molecule has 0 aliphatic carbocycles. The number of hydrogen-bond acceptors (Lipinski definition) is 3. The van der Waals surface area contributed by atoms with Crippen LogP contribution < -0.4 is 15.4 Å². The summed E-state index contributed by atoms with van der Waals surface area (Å²) in [5.41, 5.74) is 2.06. The van der Waals surface area contributed by atoms with Crippen LogP contribution in [-0.4, -0.2) is 25.5 Å². The number of methoxy groups -OCH3 is 1. The van der Waals surface area contributed by atoms with Gasteiger partial charge in [0.05, 0.1) is 19.3 Å². The number of benzene rings is 2. The molecule has 0 saturated heterocycles. The average molecular weight is 377 g/mol. The van der Waals surface area contributed by atoms with Crippen molar-refractivity contribution in [2.24, 2.45) is 0 Å². The minimum absolute atomic E-state index is 0.123. The Balaban J connectivity index is 1.95. The first-order chi connectivity index (χ1) is 11.0. The van der Waals surface area contributed by atoms with Crippen molar-refractivity contribution in [2.75, 3.05) is 19.0 Å². The fourth-order valence-corrected chi connectivity index (χ4v) is 2.41. The molecule has 120 valence electrons. The number of carbonyl (C=O) groups excluding carboxylic acids is 2. The highest BCUT2D eigenvalue weighted by molar-refractivity contribution is 9.10. The number of ether oxygens (including phenoxy) is 1. The molecule has 0 atom stereocenters. The maximum atomic E-state index is 12.0. The van der Waals surface area contributed by atoms with Gasteiger partial charge < -0.3 is 15.4 Å². The van der Waals surface area contributed by atoms with Crippen molar-refractivity contribution in [3.05, 3.63) is 58.1 Å². The van der Waals surface area contributed by atoms with Crippen LogP contribution in [0, 0.1) is 6.92 Å². The van der Waals surface area contributed by atoms with E-state index in [-0.39, 0.29) is 18.4 Å². The zero-order valence-corrected chi connectivity index (χ0v) is 14.4. The van der Waals surface area contributed by atoms with Crippen molar-refractivity contribution < 1.29 is 14.3 Å². The summed E-state index contributed by atoms with van der Waals surface area (Å²) in [4.78, 5) is 24.0. The molecule has 0 aliphatic heterocycles. The van der Waals surface area contributed by atoms with Crippen LogP contribution in [-0.2, 0) is 4.79 Å². The zero-order valence-electron chi connectivity index (χ0n) is 12.9. The van der Waals surface area contributed by atoms with Crippen molar-refractivity contribution in [1.82, 2.24) is 5.32 Å². The van der Waals surface area contributed by atoms with E-state index in [1.807, 2.05) is 25.1 Å². The van der Waals surface area contributed by atoms with Gasteiger partial charge in [-0.25, -0.2) is 0 Å². The second-order valence-corrected chi connectivity index (χ2v) is 5.86. The molecule has 0 unspecified atom stereocenters. The van der Waals surface area contributed by atoms with Crippen LogP contribution >= 0.6 is 15.9 Å². The number of aryl methyl sites for hydroxylation is 1. The standard InChI is InChI=1S/C17H17BrN2O3/c1-11-6-7-15(23-2)14(8-11)20-16(21)10-19-17(22)12-4-3-5-13(18)9-12/h3-9H,10H2,1-2H3,(H,19,22)(H,20,21). The maximum absolute atomic E-state index is 12.0. The zero-order chi connectivity index (χ0) is 16.8. The number of carbonyl (C=O) groups is 2. The summed E-state index contributed by atoms with van der Waals surface area (Å²) in [7, 11) is 1.54. The number of hydrogen-bond donors (Lipinski definition) is 2. The second-order valence-electron chi connectivity index (χ2n) is 4.94. The molecule has 23 heavy (non-hydrogen) atoms. The summed E-state index contributed by atoms with van der Waals surface area (Å²) < 4.78 is 6.01. The van der Waals surface area contributed by atoms with Crippen LogP contribution in [0.4, 0.5) is 5.69 Å². The Labute approximate surface area is 143 Å². The Morgan fingerprint density at radius 3 is 2.65 bits per heavy atom. The third kappa shape index (κ3) is 4.82. The highest BCUT2D eigenvalue weighted by Gasteiger charge is 2.11. The van der Waals surface area contributed by atoms with Crippen LogP contribution in [0.3, 0.4) is 0 Å². The van der Waals surface area contributed by atoms with Gasteiger partial charge in [-0.2, -0.15) is 0 Å². The lowest BCUT2D eigenvalue weighted by molar-refractivity contribution is -0.115. The molecular weight excluding hydrogens is 360 g/mol. The lowest BCUT2D eigenvalue weighted by atomic mass is 10.2. The molecule has 2 amide bonds. The van der Waals surface area contributed by atoms with E-state index in [4.69, 9.17) is 4.74 Å². The summed E-state index contributed by atoms with van der Waals surface area (Å²) in [6.45, 7) is 1.80. The van der Waals surface area contributed by atoms with Gasteiger partial charge in [-0.3, -0.25) is 9.59 Å². The molecule has 2 rings (SSSR count). The Hall–Kier alpha value is -2.34. The third-order valence-corrected chi connectivity index (χ3v) is 3.62. The molecule has 6 heteroatoms. The van der Waals surface area contributed by atoms with Crippen LogP contribution in [0.1, 0.15) is 15.9 Å². The fraction of sp³-hybridized carbons (Fsp3) is 0.176. The van der Waals surface area contributed by atoms with Crippen molar-refractivity contribution in [1.29, 1.82) is 0 Å². The van der Waals surface area contributed by atoms with Gasteiger partial charge in [-0.1, -0.05) is 28.1 Å². The summed E-state index contributed by atoms with van der Waals surface area (Å²) in [5, 5.41) is 5.32. The Morgan fingerprint density at radius 2 is 1.96 bits per heavy atom. The van der Waals surface area contributed by atoms with Crippen molar-refractivity contribution in [3.8, 4) is 5.75 Å². The van der Waals surface area contributed by atoms with E-state index < -0.39 is 0 Å². The summed E-state index contributed by atoms with van der Waals surface area (Å²) in [6.07, 6.45) is 0. The first-order valence-electron chi connectivity index (χ1n) is 6.98. The summed E-state index contributed by atoms with van der Waals surface area (Å²) in [6, 6.07) is 12.4.